The fourth-order valence-electron chi connectivity index (χ4n) is 2.50. The summed E-state index contributed by atoms with van der Waals surface area (Å²) in [5, 5.41) is 0. The lowest BCUT2D eigenvalue weighted by Crippen LogP contribution is -2.37. The minimum Gasteiger partial charge on any atom is -0.454 e. The van der Waals surface area contributed by atoms with E-state index in [0.717, 1.165) is 44.0 Å². The largest absolute Gasteiger partial charge is 0.454 e. The molecule has 98 valence electrons. The second-order valence-corrected chi connectivity index (χ2v) is 4.80. The first kappa shape index (κ1) is 11.8. The number of likely N-dealkylation sites (tertiary alicyclic amines) is 1. The molecule has 0 bridgehead atoms. The molecule has 0 atom stereocenters. The molecule has 1 aromatic rings. The van der Waals surface area contributed by atoms with Crippen molar-refractivity contribution in [3.63, 3.8) is 0 Å². The number of nitrogens with two attached hydrogens (primary N) is 1. The Kier molecular flexibility index (Phi) is 3.36. The number of ether oxygens (including phenoxy) is 2. The van der Waals surface area contributed by atoms with Crippen LogP contribution < -0.4 is 15.4 Å². The molecule has 1 aromatic carbocycles. The van der Waals surface area contributed by atoms with Crippen LogP contribution in [0.2, 0.25) is 0 Å². The highest BCUT2D eigenvalue weighted by Crippen LogP contribution is 2.33. The molecule has 0 aromatic heterocycles. The Morgan fingerprint density at radius 3 is 2.78 bits per heavy atom. The average molecular weight is 250 g/mol. The highest BCUT2D eigenvalue weighted by molar-refractivity contribution is 5.44. The van der Waals surface area contributed by atoms with Crippen LogP contribution in [0.25, 0.3) is 0 Å². The van der Waals surface area contributed by atoms with Gasteiger partial charge in [-0.15, -0.1) is 0 Å². The maximum atomic E-state index is 5.39. The molecule has 2 heterocycles. The molecule has 5 heteroatoms. The van der Waals surface area contributed by atoms with Crippen LogP contribution >= 0.6 is 0 Å². The third kappa shape index (κ3) is 2.43. The van der Waals surface area contributed by atoms with Crippen molar-refractivity contribution < 1.29 is 14.3 Å². The van der Waals surface area contributed by atoms with E-state index >= 15 is 0 Å². The zero-order valence-corrected chi connectivity index (χ0v) is 10.3. The van der Waals surface area contributed by atoms with Gasteiger partial charge in [0.2, 0.25) is 6.79 Å². The van der Waals surface area contributed by atoms with Gasteiger partial charge >= 0.3 is 0 Å². The Balaban J connectivity index is 1.60. The predicted molar refractivity (Wildman–Crippen MR) is 66.1 cm³/mol. The molecule has 0 unspecified atom stereocenters. The smallest absolute Gasteiger partial charge is 0.231 e. The van der Waals surface area contributed by atoms with Crippen molar-refractivity contribution in [1.82, 2.24) is 4.90 Å². The maximum Gasteiger partial charge on any atom is 0.231 e. The third-order valence-electron chi connectivity index (χ3n) is 3.57. The number of hydrogen-bond acceptors (Lipinski definition) is 5. The van der Waals surface area contributed by atoms with E-state index in [2.05, 4.69) is 17.0 Å². The van der Waals surface area contributed by atoms with Crippen LogP contribution in [0.15, 0.2) is 18.2 Å². The molecule has 0 radical (unpaired) electrons. The molecule has 2 aliphatic heterocycles. The lowest BCUT2D eigenvalue weighted by atomic mass is 10.1. The van der Waals surface area contributed by atoms with Crippen molar-refractivity contribution in [3.8, 4) is 11.5 Å². The zero-order chi connectivity index (χ0) is 12.4. The molecule has 1 fully saturated rings. The van der Waals surface area contributed by atoms with Crippen LogP contribution in [0.5, 0.6) is 11.5 Å². The summed E-state index contributed by atoms with van der Waals surface area (Å²) in [4.78, 5) is 7.30. The van der Waals surface area contributed by atoms with Crippen LogP contribution in [0.1, 0.15) is 18.4 Å². The first-order chi connectivity index (χ1) is 8.85. The molecule has 0 spiro atoms. The fourth-order valence-corrected chi connectivity index (χ4v) is 2.50. The van der Waals surface area contributed by atoms with Gasteiger partial charge in [0, 0.05) is 19.6 Å². The number of benzene rings is 1. The van der Waals surface area contributed by atoms with Crippen molar-refractivity contribution in [3.05, 3.63) is 23.8 Å². The molecule has 18 heavy (non-hydrogen) atoms. The van der Waals surface area contributed by atoms with Crippen LogP contribution in [-0.4, -0.2) is 30.9 Å². The average Bonchev–Trinajstić information content (AvgIpc) is 2.87. The second-order valence-electron chi connectivity index (χ2n) is 4.80. The van der Waals surface area contributed by atoms with E-state index in [-0.39, 0.29) is 6.10 Å². The lowest BCUT2D eigenvalue weighted by molar-refractivity contribution is 0.00493. The summed E-state index contributed by atoms with van der Waals surface area (Å²) in [6, 6.07) is 6.14. The van der Waals surface area contributed by atoms with Crippen molar-refractivity contribution in [2.45, 2.75) is 25.5 Å². The van der Waals surface area contributed by atoms with Crippen molar-refractivity contribution >= 4 is 0 Å². The fraction of sp³-hybridized carbons (Fsp3) is 0.538. The van der Waals surface area contributed by atoms with Crippen molar-refractivity contribution in [2.75, 3.05) is 19.9 Å². The lowest BCUT2D eigenvalue weighted by Gasteiger charge is -2.30. The van der Waals surface area contributed by atoms with E-state index in [1.165, 1.54) is 5.56 Å². The van der Waals surface area contributed by atoms with E-state index in [9.17, 15) is 0 Å². The van der Waals surface area contributed by atoms with Gasteiger partial charge in [-0.3, -0.25) is 4.90 Å². The number of rotatable bonds is 3. The molecule has 0 saturated carbocycles. The summed E-state index contributed by atoms with van der Waals surface area (Å²) >= 11 is 0. The predicted octanol–water partition coefficient (Wildman–Crippen LogP) is 1.27. The Bertz CT molecular complexity index is 417. The Labute approximate surface area is 106 Å². The molecule has 0 aliphatic carbocycles. The molecular weight excluding hydrogens is 232 g/mol. The summed E-state index contributed by atoms with van der Waals surface area (Å²) < 4.78 is 10.7. The highest BCUT2D eigenvalue weighted by atomic mass is 16.7. The SMILES string of the molecule is NOC1CCN(Cc2ccc3c(c2)OCO3)CC1. The monoisotopic (exact) mass is 250 g/mol. The third-order valence-corrected chi connectivity index (χ3v) is 3.57. The van der Waals surface area contributed by atoms with Gasteiger partial charge in [-0.25, -0.2) is 5.90 Å². The van der Waals surface area contributed by atoms with Crippen LogP contribution in [0.3, 0.4) is 0 Å². The van der Waals surface area contributed by atoms with Gasteiger partial charge < -0.3 is 14.3 Å². The maximum absolute atomic E-state index is 5.39. The van der Waals surface area contributed by atoms with Gasteiger partial charge in [0.05, 0.1) is 6.10 Å². The molecule has 0 amide bonds. The first-order valence-corrected chi connectivity index (χ1v) is 6.31. The van der Waals surface area contributed by atoms with Crippen molar-refractivity contribution in [2.24, 2.45) is 5.90 Å². The van der Waals surface area contributed by atoms with E-state index in [1.807, 2.05) is 6.07 Å². The van der Waals surface area contributed by atoms with Gasteiger partial charge in [0.25, 0.3) is 0 Å². The topological polar surface area (TPSA) is 57.0 Å². The summed E-state index contributed by atoms with van der Waals surface area (Å²) in [6.45, 7) is 3.32. The van der Waals surface area contributed by atoms with Crippen molar-refractivity contribution in [1.29, 1.82) is 0 Å². The summed E-state index contributed by atoms with van der Waals surface area (Å²) in [5.74, 6) is 6.91. The van der Waals surface area contributed by atoms with Gasteiger partial charge in [0.1, 0.15) is 0 Å². The van der Waals surface area contributed by atoms with E-state index < -0.39 is 0 Å². The summed E-state index contributed by atoms with van der Waals surface area (Å²) in [7, 11) is 0. The molecule has 2 N–H and O–H groups in total. The standard InChI is InChI=1S/C13H18N2O3/c14-18-11-3-5-15(6-4-11)8-10-1-2-12-13(7-10)17-9-16-12/h1-2,7,11H,3-6,8-9,14H2. The Morgan fingerprint density at radius 2 is 2.00 bits per heavy atom. The van der Waals surface area contributed by atoms with E-state index in [1.54, 1.807) is 0 Å². The van der Waals surface area contributed by atoms with Crippen LogP contribution in [0.4, 0.5) is 0 Å². The van der Waals surface area contributed by atoms with Gasteiger partial charge in [0.15, 0.2) is 11.5 Å². The van der Waals surface area contributed by atoms with Gasteiger partial charge in [-0.1, -0.05) is 6.07 Å². The molecule has 2 aliphatic rings. The highest BCUT2D eigenvalue weighted by Gasteiger charge is 2.20. The number of piperidine rings is 1. The second kappa shape index (κ2) is 5.14. The number of hydrogen-bond donors (Lipinski definition) is 1. The molecule has 1 saturated heterocycles. The van der Waals surface area contributed by atoms with E-state index in [4.69, 9.17) is 20.2 Å². The quantitative estimate of drug-likeness (QED) is 0.819. The molecule has 3 rings (SSSR count). The van der Waals surface area contributed by atoms with Gasteiger partial charge in [-0.05, 0) is 30.5 Å². The van der Waals surface area contributed by atoms with E-state index in [0.29, 0.717) is 6.79 Å². The summed E-state index contributed by atoms with van der Waals surface area (Å²) in [5.41, 5.74) is 1.26. The summed E-state index contributed by atoms with van der Waals surface area (Å²) in [6.07, 6.45) is 2.22. The minimum atomic E-state index is 0.220. The van der Waals surface area contributed by atoms with Crippen LogP contribution in [0, 0.1) is 0 Å². The number of fused-ring (bicyclic) bond motifs is 1. The van der Waals surface area contributed by atoms with Gasteiger partial charge in [-0.2, -0.15) is 0 Å². The normalized spacial score (nSPS) is 20.3. The molecular formula is C13H18N2O3. The molecule has 5 nitrogen and oxygen atoms in total. The number of nitrogens with zero attached hydrogens (tertiary/aromatic N) is 1. The Morgan fingerprint density at radius 1 is 1.22 bits per heavy atom. The first-order valence-electron chi connectivity index (χ1n) is 6.31. The zero-order valence-electron chi connectivity index (χ0n) is 10.3. The Hall–Kier alpha value is -1.30. The minimum absolute atomic E-state index is 0.220. The van der Waals surface area contributed by atoms with Crippen LogP contribution in [-0.2, 0) is 11.4 Å².